The number of allylic oxidation sites excluding steroid dienone is 1. The number of likely N-dealkylation sites (N-methyl/N-ethyl adjacent to an activating group) is 1. The molecule has 0 amide bonds. The third kappa shape index (κ3) is 10.5. The Morgan fingerprint density at radius 2 is 1.90 bits per heavy atom. The quantitative estimate of drug-likeness (QED) is 0.315. The van der Waals surface area contributed by atoms with E-state index in [1.807, 2.05) is 6.92 Å². The van der Waals surface area contributed by atoms with Gasteiger partial charge in [-0.25, -0.2) is 0 Å². The first-order valence-electron chi connectivity index (χ1n) is 7.89. The maximum absolute atomic E-state index is 11.2. The number of rotatable bonds is 12. The molecule has 0 aliphatic rings. The molecule has 0 bridgehead atoms. The number of hydrogen-bond donors (Lipinski definition) is 0. The summed E-state index contributed by atoms with van der Waals surface area (Å²) in [6, 6.07) is 0. The molecular formula is C17H33NO3. The van der Waals surface area contributed by atoms with Gasteiger partial charge in [-0.2, -0.15) is 0 Å². The Hall–Kier alpha value is -0.870. The summed E-state index contributed by atoms with van der Waals surface area (Å²) in [5, 5.41) is 11.2. The van der Waals surface area contributed by atoms with E-state index in [-0.39, 0.29) is 6.42 Å². The molecule has 0 radical (unpaired) electrons. The van der Waals surface area contributed by atoms with Crippen molar-refractivity contribution in [3.05, 3.63) is 12.2 Å². The first-order chi connectivity index (χ1) is 9.60. The molecule has 0 aliphatic carbocycles. The summed E-state index contributed by atoms with van der Waals surface area (Å²) in [6.07, 6.45) is 4.60. The van der Waals surface area contributed by atoms with Gasteiger partial charge < -0.3 is 19.1 Å². The molecule has 0 N–H and O–H groups in total. The summed E-state index contributed by atoms with van der Waals surface area (Å²) in [4.78, 5) is 11.2. The molecule has 21 heavy (non-hydrogen) atoms. The topological polar surface area (TPSA) is 49.4 Å². The van der Waals surface area contributed by atoms with Crippen molar-refractivity contribution in [1.29, 1.82) is 0 Å². The number of carbonyl (C=O) groups excluding carboxylic acids is 1. The van der Waals surface area contributed by atoms with Gasteiger partial charge in [0.25, 0.3) is 0 Å². The van der Waals surface area contributed by atoms with Crippen LogP contribution in [-0.2, 0) is 9.53 Å². The molecule has 0 aliphatic heterocycles. The summed E-state index contributed by atoms with van der Waals surface area (Å²) in [5.41, 5.74) is 0.389. The first-order valence-corrected chi connectivity index (χ1v) is 7.89. The molecule has 1 unspecified atom stereocenters. The predicted octanol–water partition coefficient (Wildman–Crippen LogP) is 2.13. The third-order valence-electron chi connectivity index (χ3n) is 3.39. The van der Waals surface area contributed by atoms with Crippen LogP contribution in [0.25, 0.3) is 0 Å². The zero-order valence-corrected chi connectivity index (χ0v) is 14.5. The van der Waals surface area contributed by atoms with Gasteiger partial charge in [-0.05, 0) is 26.2 Å². The fraction of sp³-hybridized carbons (Fsp3) is 0.824. The van der Waals surface area contributed by atoms with Gasteiger partial charge in [0.2, 0.25) is 0 Å². The Labute approximate surface area is 130 Å². The third-order valence-corrected chi connectivity index (χ3v) is 3.39. The fourth-order valence-corrected chi connectivity index (χ4v) is 2.60. The van der Waals surface area contributed by atoms with Crippen LogP contribution in [0.5, 0.6) is 0 Å². The summed E-state index contributed by atoms with van der Waals surface area (Å²) in [5.74, 6) is -1.04. The highest BCUT2D eigenvalue weighted by Gasteiger charge is 2.36. The van der Waals surface area contributed by atoms with Gasteiger partial charge in [0.15, 0.2) is 0 Å². The van der Waals surface area contributed by atoms with Gasteiger partial charge in [-0.1, -0.05) is 25.3 Å². The molecule has 0 heterocycles. The zero-order chi connectivity index (χ0) is 16.5. The maximum Gasteiger partial charge on any atom is 0.122 e. The summed E-state index contributed by atoms with van der Waals surface area (Å²) < 4.78 is 6.76. The second kappa shape index (κ2) is 9.21. The lowest BCUT2D eigenvalue weighted by Crippen LogP contribution is -2.53. The van der Waals surface area contributed by atoms with E-state index >= 15 is 0 Å². The number of hydrogen-bond acceptors (Lipinski definition) is 3. The van der Waals surface area contributed by atoms with E-state index in [0.717, 1.165) is 31.3 Å². The number of carboxylic acid groups (broad SMARTS) is 1. The number of unbranched alkanes of at least 4 members (excludes halogenated alkanes) is 2. The normalized spacial score (nSPS) is 14.7. The number of nitrogens with zero attached hydrogens (tertiary/aromatic N) is 1. The molecule has 0 aromatic heterocycles. The average molecular weight is 299 g/mol. The van der Waals surface area contributed by atoms with Crippen LogP contribution >= 0.6 is 0 Å². The molecule has 0 spiro atoms. The highest BCUT2D eigenvalue weighted by atomic mass is 16.5. The van der Waals surface area contributed by atoms with Crippen molar-refractivity contribution in [3.8, 4) is 0 Å². The van der Waals surface area contributed by atoms with Gasteiger partial charge in [0.05, 0.1) is 21.1 Å². The fourth-order valence-electron chi connectivity index (χ4n) is 2.60. The molecule has 0 fully saturated rings. The first kappa shape index (κ1) is 20.1. The monoisotopic (exact) mass is 299 g/mol. The van der Waals surface area contributed by atoms with Gasteiger partial charge in [0, 0.05) is 19.0 Å². The van der Waals surface area contributed by atoms with Crippen LogP contribution in [0.15, 0.2) is 12.2 Å². The van der Waals surface area contributed by atoms with Crippen molar-refractivity contribution in [1.82, 2.24) is 0 Å². The van der Waals surface area contributed by atoms with Gasteiger partial charge in [0.1, 0.15) is 12.1 Å². The number of aliphatic carboxylic acids is 1. The Kier molecular flexibility index (Phi) is 8.83. The van der Waals surface area contributed by atoms with Crippen molar-refractivity contribution in [2.75, 3.05) is 34.3 Å². The minimum Gasteiger partial charge on any atom is -0.550 e. The standard InChI is InChI=1S/C17H33NO3/c1-7-8-9-12-21-17(13-16(19)20,11-10-15(2)3)14-18(4,5)6/h2,7-14H2,1,3-6H3. The van der Waals surface area contributed by atoms with Gasteiger partial charge >= 0.3 is 0 Å². The summed E-state index contributed by atoms with van der Waals surface area (Å²) in [6.45, 7) is 9.29. The molecule has 0 saturated heterocycles. The minimum absolute atomic E-state index is 0.0536. The SMILES string of the molecule is C=C(C)CCC(CC(=O)[O-])(C[N+](C)(C)C)OCCCCC. The van der Waals surface area contributed by atoms with Crippen LogP contribution in [0.4, 0.5) is 0 Å². The molecular weight excluding hydrogens is 266 g/mol. The second-order valence-electron chi connectivity index (χ2n) is 7.19. The van der Waals surface area contributed by atoms with E-state index in [1.165, 1.54) is 0 Å². The molecule has 0 aromatic rings. The van der Waals surface area contributed by atoms with E-state index < -0.39 is 11.6 Å². The summed E-state index contributed by atoms with van der Waals surface area (Å²) >= 11 is 0. The number of carbonyl (C=O) groups is 1. The molecule has 0 saturated carbocycles. The van der Waals surface area contributed by atoms with Crippen LogP contribution in [-0.4, -0.2) is 50.3 Å². The zero-order valence-electron chi connectivity index (χ0n) is 14.5. The van der Waals surface area contributed by atoms with E-state index in [4.69, 9.17) is 4.74 Å². The van der Waals surface area contributed by atoms with Crippen molar-refractivity contribution < 1.29 is 19.1 Å². The number of quaternary nitrogens is 1. The molecule has 1 atom stereocenters. The van der Waals surface area contributed by atoms with E-state index in [2.05, 4.69) is 34.6 Å². The van der Waals surface area contributed by atoms with E-state index in [1.54, 1.807) is 0 Å². The minimum atomic E-state index is -1.04. The Bertz CT molecular complexity index is 333. The van der Waals surface area contributed by atoms with Gasteiger partial charge in [-0.3, -0.25) is 0 Å². The average Bonchev–Trinajstić information content (AvgIpc) is 2.29. The van der Waals surface area contributed by atoms with Crippen molar-refractivity contribution in [2.24, 2.45) is 0 Å². The number of carboxylic acids is 1. The molecule has 4 nitrogen and oxygen atoms in total. The lowest BCUT2D eigenvalue weighted by molar-refractivity contribution is -0.877. The lowest BCUT2D eigenvalue weighted by atomic mass is 9.90. The van der Waals surface area contributed by atoms with Crippen LogP contribution in [0.1, 0.15) is 52.4 Å². The molecule has 124 valence electrons. The smallest absolute Gasteiger partial charge is 0.122 e. The van der Waals surface area contributed by atoms with Crippen LogP contribution in [0.2, 0.25) is 0 Å². The second-order valence-corrected chi connectivity index (χ2v) is 7.19. The van der Waals surface area contributed by atoms with Crippen LogP contribution < -0.4 is 5.11 Å². The van der Waals surface area contributed by atoms with Crippen molar-refractivity contribution in [2.45, 2.75) is 58.0 Å². The number of ether oxygens (including phenoxy) is 1. The van der Waals surface area contributed by atoms with Crippen molar-refractivity contribution in [3.63, 3.8) is 0 Å². The van der Waals surface area contributed by atoms with Gasteiger partial charge in [-0.15, -0.1) is 6.58 Å². The predicted molar refractivity (Wildman–Crippen MR) is 84.8 cm³/mol. The summed E-state index contributed by atoms with van der Waals surface area (Å²) in [7, 11) is 6.17. The Morgan fingerprint density at radius 1 is 1.29 bits per heavy atom. The Morgan fingerprint density at radius 3 is 2.33 bits per heavy atom. The lowest BCUT2D eigenvalue weighted by Gasteiger charge is -2.40. The highest BCUT2D eigenvalue weighted by Crippen LogP contribution is 2.27. The van der Waals surface area contributed by atoms with E-state index in [0.29, 0.717) is 24.1 Å². The van der Waals surface area contributed by atoms with E-state index in [9.17, 15) is 9.90 Å². The molecule has 4 heteroatoms. The van der Waals surface area contributed by atoms with Crippen LogP contribution in [0, 0.1) is 0 Å². The highest BCUT2D eigenvalue weighted by molar-refractivity contribution is 5.65. The Balaban J connectivity index is 4.98. The van der Waals surface area contributed by atoms with Crippen molar-refractivity contribution >= 4 is 5.97 Å². The largest absolute Gasteiger partial charge is 0.550 e. The maximum atomic E-state index is 11.2. The van der Waals surface area contributed by atoms with Crippen LogP contribution in [0.3, 0.4) is 0 Å². The molecule has 0 rings (SSSR count). The molecule has 0 aromatic carbocycles.